The van der Waals surface area contributed by atoms with E-state index in [4.69, 9.17) is 0 Å². The number of nitrogens with zero attached hydrogens (tertiary/aromatic N) is 2. The lowest BCUT2D eigenvalue weighted by Gasteiger charge is -2.32. The number of benzene rings is 1. The first-order chi connectivity index (χ1) is 9.24. The third-order valence-corrected chi connectivity index (χ3v) is 3.91. The van der Waals surface area contributed by atoms with E-state index in [1.807, 2.05) is 12.3 Å². The summed E-state index contributed by atoms with van der Waals surface area (Å²) in [5.41, 5.74) is 2.33. The van der Waals surface area contributed by atoms with E-state index in [-0.39, 0.29) is 0 Å². The zero-order valence-electron chi connectivity index (χ0n) is 11.2. The number of fused-ring (bicyclic) bond motifs is 1. The SMILES string of the molecule is CC1CC(=O)CCN1Cc1cccc2cccnc12. The summed E-state index contributed by atoms with van der Waals surface area (Å²) in [6, 6.07) is 10.7. The molecule has 1 atom stereocenters. The Morgan fingerprint density at radius 1 is 1.32 bits per heavy atom. The third kappa shape index (κ3) is 2.51. The molecule has 1 aliphatic heterocycles. The van der Waals surface area contributed by atoms with Gasteiger partial charge in [0.2, 0.25) is 0 Å². The fourth-order valence-electron chi connectivity index (χ4n) is 2.80. The molecule has 1 fully saturated rings. The number of aromatic nitrogens is 1. The van der Waals surface area contributed by atoms with Crippen molar-refractivity contribution >= 4 is 16.7 Å². The van der Waals surface area contributed by atoms with E-state index in [2.05, 4.69) is 41.1 Å². The molecule has 19 heavy (non-hydrogen) atoms. The zero-order chi connectivity index (χ0) is 13.2. The summed E-state index contributed by atoms with van der Waals surface area (Å²) in [5, 5.41) is 1.18. The molecule has 0 N–H and O–H groups in total. The monoisotopic (exact) mass is 254 g/mol. The van der Waals surface area contributed by atoms with Crippen molar-refractivity contribution in [3.63, 3.8) is 0 Å². The van der Waals surface area contributed by atoms with Gasteiger partial charge in [0.25, 0.3) is 0 Å². The van der Waals surface area contributed by atoms with Crippen LogP contribution in [0.4, 0.5) is 0 Å². The Morgan fingerprint density at radius 2 is 2.16 bits per heavy atom. The summed E-state index contributed by atoms with van der Waals surface area (Å²) in [5.74, 6) is 0.389. The van der Waals surface area contributed by atoms with E-state index in [9.17, 15) is 4.79 Å². The van der Waals surface area contributed by atoms with Crippen molar-refractivity contribution < 1.29 is 4.79 Å². The van der Waals surface area contributed by atoms with Gasteiger partial charge in [0.05, 0.1) is 5.52 Å². The Balaban J connectivity index is 1.87. The van der Waals surface area contributed by atoms with Gasteiger partial charge in [-0.15, -0.1) is 0 Å². The first-order valence-electron chi connectivity index (χ1n) is 6.82. The minimum atomic E-state index is 0.334. The lowest BCUT2D eigenvalue weighted by molar-refractivity contribution is -0.123. The minimum Gasteiger partial charge on any atom is -0.300 e. The molecule has 1 aromatic carbocycles. The predicted octanol–water partition coefficient (Wildman–Crippen LogP) is 2.79. The molecule has 1 unspecified atom stereocenters. The maximum Gasteiger partial charge on any atom is 0.135 e. The fraction of sp³-hybridized carbons (Fsp3) is 0.375. The number of hydrogen-bond donors (Lipinski definition) is 0. The van der Waals surface area contributed by atoms with Crippen molar-refractivity contribution in [2.24, 2.45) is 0 Å². The van der Waals surface area contributed by atoms with Crippen LogP contribution >= 0.6 is 0 Å². The Bertz CT molecular complexity index is 603. The number of ketones is 1. The van der Waals surface area contributed by atoms with Gasteiger partial charge in [-0.05, 0) is 18.6 Å². The van der Waals surface area contributed by atoms with E-state index in [1.54, 1.807) is 0 Å². The highest BCUT2D eigenvalue weighted by Gasteiger charge is 2.23. The number of hydrogen-bond acceptors (Lipinski definition) is 3. The first-order valence-corrected chi connectivity index (χ1v) is 6.82. The van der Waals surface area contributed by atoms with Gasteiger partial charge in [0.1, 0.15) is 5.78 Å². The number of likely N-dealkylation sites (tertiary alicyclic amines) is 1. The molecule has 3 heteroatoms. The van der Waals surface area contributed by atoms with Gasteiger partial charge in [0.15, 0.2) is 0 Å². The summed E-state index contributed by atoms with van der Waals surface area (Å²) < 4.78 is 0. The molecule has 2 heterocycles. The number of pyridine rings is 1. The van der Waals surface area contributed by atoms with E-state index in [1.165, 1.54) is 10.9 Å². The van der Waals surface area contributed by atoms with Crippen LogP contribution in [0, 0.1) is 0 Å². The van der Waals surface area contributed by atoms with Crippen molar-refractivity contribution in [2.75, 3.05) is 6.54 Å². The lowest BCUT2D eigenvalue weighted by Crippen LogP contribution is -2.40. The summed E-state index contributed by atoms with van der Waals surface area (Å²) >= 11 is 0. The average Bonchev–Trinajstić information content (AvgIpc) is 2.42. The molecule has 0 aliphatic carbocycles. The smallest absolute Gasteiger partial charge is 0.135 e. The highest BCUT2D eigenvalue weighted by atomic mass is 16.1. The van der Waals surface area contributed by atoms with Gasteiger partial charge in [-0.1, -0.05) is 24.3 Å². The van der Waals surface area contributed by atoms with Crippen LogP contribution in [0.15, 0.2) is 36.5 Å². The number of piperidine rings is 1. The second-order valence-electron chi connectivity index (χ2n) is 5.30. The molecule has 1 saturated heterocycles. The molecule has 2 aromatic rings. The van der Waals surface area contributed by atoms with E-state index >= 15 is 0 Å². The molecule has 98 valence electrons. The highest BCUT2D eigenvalue weighted by Crippen LogP contribution is 2.21. The molecule has 1 aliphatic rings. The normalized spacial score (nSPS) is 20.9. The van der Waals surface area contributed by atoms with Crippen molar-refractivity contribution in [1.82, 2.24) is 9.88 Å². The lowest BCUT2D eigenvalue weighted by atomic mass is 10.0. The molecule has 0 amide bonds. The van der Waals surface area contributed by atoms with Crippen LogP contribution in [0.5, 0.6) is 0 Å². The van der Waals surface area contributed by atoms with Crippen LogP contribution < -0.4 is 0 Å². The van der Waals surface area contributed by atoms with E-state index in [0.717, 1.165) is 18.6 Å². The molecule has 0 radical (unpaired) electrons. The highest BCUT2D eigenvalue weighted by molar-refractivity contribution is 5.82. The summed E-state index contributed by atoms with van der Waals surface area (Å²) in [4.78, 5) is 18.3. The Kier molecular flexibility index (Phi) is 3.30. The zero-order valence-corrected chi connectivity index (χ0v) is 11.2. The molecule has 0 saturated carbocycles. The van der Waals surface area contributed by atoms with E-state index < -0.39 is 0 Å². The van der Waals surface area contributed by atoms with Crippen molar-refractivity contribution in [2.45, 2.75) is 32.4 Å². The van der Waals surface area contributed by atoms with Gasteiger partial charge in [0, 0.05) is 43.6 Å². The summed E-state index contributed by atoms with van der Waals surface area (Å²) in [6.07, 6.45) is 3.20. The standard InChI is InChI=1S/C16H18N2O/c1-12-10-15(19)7-9-18(12)11-14-5-2-4-13-6-3-8-17-16(13)14/h2-6,8,12H,7,9-11H2,1H3. The molecule has 0 spiro atoms. The maximum absolute atomic E-state index is 11.4. The largest absolute Gasteiger partial charge is 0.300 e. The average molecular weight is 254 g/mol. The summed E-state index contributed by atoms with van der Waals surface area (Å²) in [6.45, 7) is 3.88. The molecule has 1 aromatic heterocycles. The summed E-state index contributed by atoms with van der Waals surface area (Å²) in [7, 11) is 0. The topological polar surface area (TPSA) is 33.2 Å². The Morgan fingerprint density at radius 3 is 3.00 bits per heavy atom. The van der Waals surface area contributed by atoms with Gasteiger partial charge < -0.3 is 0 Å². The number of carbonyl (C=O) groups excluding carboxylic acids is 1. The number of carbonyl (C=O) groups is 1. The van der Waals surface area contributed by atoms with Crippen LogP contribution in [-0.2, 0) is 11.3 Å². The van der Waals surface area contributed by atoms with Gasteiger partial charge in [-0.25, -0.2) is 0 Å². The number of para-hydroxylation sites is 1. The van der Waals surface area contributed by atoms with Crippen LogP contribution in [-0.4, -0.2) is 28.3 Å². The van der Waals surface area contributed by atoms with Crippen molar-refractivity contribution in [3.8, 4) is 0 Å². The van der Waals surface area contributed by atoms with Crippen LogP contribution in [0.25, 0.3) is 10.9 Å². The second kappa shape index (κ2) is 5.10. The fourth-order valence-corrected chi connectivity index (χ4v) is 2.80. The van der Waals surface area contributed by atoms with E-state index in [0.29, 0.717) is 24.7 Å². The van der Waals surface area contributed by atoms with Crippen LogP contribution in [0.3, 0.4) is 0 Å². The third-order valence-electron chi connectivity index (χ3n) is 3.91. The van der Waals surface area contributed by atoms with Crippen molar-refractivity contribution in [1.29, 1.82) is 0 Å². The minimum absolute atomic E-state index is 0.334. The predicted molar refractivity (Wildman–Crippen MR) is 75.9 cm³/mol. The quantitative estimate of drug-likeness (QED) is 0.826. The number of Topliss-reactive ketones (excluding diaryl/α,β-unsaturated/α-hetero) is 1. The molecule has 3 nitrogen and oxygen atoms in total. The molecule has 0 bridgehead atoms. The number of rotatable bonds is 2. The van der Waals surface area contributed by atoms with Gasteiger partial charge in [-0.3, -0.25) is 14.7 Å². The van der Waals surface area contributed by atoms with Crippen LogP contribution in [0.2, 0.25) is 0 Å². The maximum atomic E-state index is 11.4. The van der Waals surface area contributed by atoms with Crippen molar-refractivity contribution in [3.05, 3.63) is 42.1 Å². The van der Waals surface area contributed by atoms with Gasteiger partial charge >= 0.3 is 0 Å². The van der Waals surface area contributed by atoms with Crippen LogP contribution in [0.1, 0.15) is 25.3 Å². The van der Waals surface area contributed by atoms with Gasteiger partial charge in [-0.2, -0.15) is 0 Å². The molecular weight excluding hydrogens is 236 g/mol. The molecule has 3 rings (SSSR count). The molecular formula is C16H18N2O. The Labute approximate surface area is 113 Å². The first kappa shape index (κ1) is 12.3. The Hall–Kier alpha value is -1.74. The second-order valence-corrected chi connectivity index (χ2v) is 5.30.